The van der Waals surface area contributed by atoms with Crippen molar-refractivity contribution in [2.24, 2.45) is 0 Å². The van der Waals surface area contributed by atoms with Crippen molar-refractivity contribution in [2.45, 2.75) is 38.3 Å². The Morgan fingerprint density at radius 1 is 1.21 bits per heavy atom. The minimum atomic E-state index is -2.70. The van der Waals surface area contributed by atoms with Crippen LogP contribution in [0.1, 0.15) is 37.9 Å². The number of nitrogens with one attached hydrogen (secondary N) is 2. The largest absolute Gasteiger partial charge is 0.343 e. The van der Waals surface area contributed by atoms with Crippen LogP contribution in [-0.4, -0.2) is 72.9 Å². The topological polar surface area (TPSA) is 95.0 Å². The Balaban J connectivity index is 1.25. The molecule has 0 atom stereocenters. The zero-order valence-electron chi connectivity index (χ0n) is 18.3. The van der Waals surface area contributed by atoms with E-state index in [4.69, 9.17) is 0 Å². The lowest BCUT2D eigenvalue weighted by molar-refractivity contribution is -0.130. The van der Waals surface area contributed by atoms with Gasteiger partial charge in [0.25, 0.3) is 6.43 Å². The highest BCUT2D eigenvalue weighted by Gasteiger charge is 2.36. The molecule has 174 valence electrons. The Labute approximate surface area is 189 Å². The lowest BCUT2D eigenvalue weighted by Crippen LogP contribution is -2.56. The average molecular weight is 457 g/mol. The number of hydrogen-bond acceptors (Lipinski definition) is 6. The van der Waals surface area contributed by atoms with Crippen LogP contribution in [0.3, 0.4) is 0 Å². The van der Waals surface area contributed by atoms with Gasteiger partial charge in [-0.2, -0.15) is 10.2 Å². The van der Waals surface area contributed by atoms with Crippen molar-refractivity contribution < 1.29 is 13.6 Å². The van der Waals surface area contributed by atoms with Gasteiger partial charge in [-0.05, 0) is 25.0 Å². The molecule has 9 nitrogen and oxygen atoms in total. The van der Waals surface area contributed by atoms with E-state index >= 15 is 0 Å². The number of rotatable bonds is 6. The summed E-state index contributed by atoms with van der Waals surface area (Å²) in [5.41, 5.74) is 1.48. The molecule has 3 aromatic heterocycles. The maximum Gasteiger partial charge on any atom is 0.284 e. The van der Waals surface area contributed by atoms with Gasteiger partial charge in [-0.15, -0.1) is 0 Å². The van der Waals surface area contributed by atoms with Crippen LogP contribution >= 0.6 is 0 Å². The molecule has 2 aliphatic rings. The lowest BCUT2D eigenvalue weighted by atomic mass is 9.97. The fraction of sp³-hybridized carbons (Fsp3) is 0.455. The lowest BCUT2D eigenvalue weighted by Gasteiger charge is -2.47. The number of carbonyl (C=O) groups excluding carboxylic acids is 1. The summed E-state index contributed by atoms with van der Waals surface area (Å²) < 4.78 is 29.1. The van der Waals surface area contributed by atoms with Gasteiger partial charge in [0, 0.05) is 57.1 Å². The fourth-order valence-electron chi connectivity index (χ4n) is 4.54. The number of halogens is 2. The van der Waals surface area contributed by atoms with Crippen LogP contribution in [0.5, 0.6) is 0 Å². The molecule has 0 spiro atoms. The Kier molecular flexibility index (Phi) is 5.79. The van der Waals surface area contributed by atoms with Crippen molar-refractivity contribution in [1.82, 2.24) is 34.8 Å². The summed E-state index contributed by atoms with van der Waals surface area (Å²) >= 11 is 0. The van der Waals surface area contributed by atoms with Crippen molar-refractivity contribution in [3.05, 3.63) is 42.5 Å². The normalized spacial score (nSPS) is 18.0. The quantitative estimate of drug-likeness (QED) is 0.592. The molecular formula is C22H26F2N8O. The van der Waals surface area contributed by atoms with Gasteiger partial charge in [0.15, 0.2) is 5.69 Å². The third-order valence-electron chi connectivity index (χ3n) is 6.46. The number of anilines is 2. The molecular weight excluding hydrogens is 430 g/mol. The predicted octanol–water partition coefficient (Wildman–Crippen LogP) is 3.22. The van der Waals surface area contributed by atoms with E-state index in [2.05, 4.69) is 30.5 Å². The maximum atomic E-state index is 13.7. The number of piperidine rings is 1. The first-order valence-corrected chi connectivity index (χ1v) is 11.1. The van der Waals surface area contributed by atoms with Gasteiger partial charge >= 0.3 is 0 Å². The number of carbonyl (C=O) groups is 1. The summed E-state index contributed by atoms with van der Waals surface area (Å²) in [5.74, 6) is 0.582. The zero-order valence-corrected chi connectivity index (χ0v) is 18.3. The molecule has 0 unspecified atom stereocenters. The summed E-state index contributed by atoms with van der Waals surface area (Å²) in [5, 5.41) is 13.9. The van der Waals surface area contributed by atoms with E-state index < -0.39 is 6.43 Å². The van der Waals surface area contributed by atoms with Crippen molar-refractivity contribution in [2.75, 3.05) is 31.5 Å². The molecule has 2 fully saturated rings. The Morgan fingerprint density at radius 3 is 2.67 bits per heavy atom. The smallest absolute Gasteiger partial charge is 0.284 e. The van der Waals surface area contributed by atoms with Gasteiger partial charge in [-0.1, -0.05) is 6.07 Å². The number of hydrogen-bond donors (Lipinski definition) is 2. The highest BCUT2D eigenvalue weighted by molar-refractivity contribution is 5.73. The highest BCUT2D eigenvalue weighted by Crippen LogP contribution is 2.33. The monoisotopic (exact) mass is 456 g/mol. The molecule has 3 aromatic rings. The van der Waals surface area contributed by atoms with E-state index in [1.165, 1.54) is 0 Å². The number of nitrogens with zero attached hydrogens (tertiary/aromatic N) is 6. The minimum Gasteiger partial charge on any atom is -0.343 e. The fourth-order valence-corrected chi connectivity index (χ4v) is 4.54. The van der Waals surface area contributed by atoms with Crippen LogP contribution in [0.2, 0.25) is 0 Å². The van der Waals surface area contributed by atoms with E-state index in [9.17, 15) is 13.6 Å². The summed E-state index contributed by atoms with van der Waals surface area (Å²) in [6.07, 6.45) is 4.21. The van der Waals surface area contributed by atoms with Crippen molar-refractivity contribution in [3.63, 3.8) is 0 Å². The van der Waals surface area contributed by atoms with E-state index in [-0.39, 0.29) is 23.3 Å². The van der Waals surface area contributed by atoms with Crippen LogP contribution in [0, 0.1) is 0 Å². The van der Waals surface area contributed by atoms with E-state index in [0.29, 0.717) is 17.6 Å². The minimum absolute atomic E-state index is 0.0501. The number of pyridine rings is 1. The second kappa shape index (κ2) is 8.89. The summed E-state index contributed by atoms with van der Waals surface area (Å²) in [6.45, 7) is 4.69. The zero-order chi connectivity index (χ0) is 22.9. The van der Waals surface area contributed by atoms with Gasteiger partial charge in [-0.25, -0.2) is 13.8 Å². The van der Waals surface area contributed by atoms with Gasteiger partial charge < -0.3 is 10.2 Å². The molecule has 5 rings (SSSR count). The van der Waals surface area contributed by atoms with Crippen LogP contribution in [-0.2, 0) is 4.79 Å². The molecule has 11 heteroatoms. The Bertz CT molecular complexity index is 1100. The third kappa shape index (κ3) is 4.45. The predicted molar refractivity (Wildman–Crippen MR) is 118 cm³/mol. The molecule has 0 saturated carbocycles. The Morgan fingerprint density at radius 2 is 2.00 bits per heavy atom. The average Bonchev–Trinajstić information content (AvgIpc) is 3.44. The molecule has 2 N–H and O–H groups in total. The highest BCUT2D eigenvalue weighted by atomic mass is 19.3. The standard InChI is InChI=1S/C22H26F2N8O/c1-14(33)30-7-5-16(6-8-30)31-11-17(12-31)32-13-19(21(29-32)22(23)24)28-20-4-2-3-18(27-20)15-9-25-26-10-15/h2-4,9-10,13,16-17,22H,5-8,11-12H2,1H3,(H,25,26)(H,27,28). The number of amides is 1. The molecule has 2 saturated heterocycles. The number of aromatic amines is 1. The van der Waals surface area contributed by atoms with Crippen LogP contribution < -0.4 is 5.32 Å². The van der Waals surface area contributed by atoms with Gasteiger partial charge in [0.05, 0.1) is 23.6 Å². The molecule has 5 heterocycles. The van der Waals surface area contributed by atoms with Crippen LogP contribution in [0.25, 0.3) is 11.3 Å². The van der Waals surface area contributed by atoms with E-state index in [1.807, 2.05) is 17.0 Å². The maximum absolute atomic E-state index is 13.7. The molecule has 2 aliphatic heterocycles. The third-order valence-corrected chi connectivity index (χ3v) is 6.46. The molecule has 0 bridgehead atoms. The summed E-state index contributed by atoms with van der Waals surface area (Å²) in [6, 6.07) is 5.85. The van der Waals surface area contributed by atoms with Gasteiger partial charge in [-0.3, -0.25) is 19.5 Å². The molecule has 0 aliphatic carbocycles. The van der Waals surface area contributed by atoms with Gasteiger partial charge in [0.2, 0.25) is 5.91 Å². The first kappa shape index (κ1) is 21.5. The van der Waals surface area contributed by atoms with Crippen molar-refractivity contribution >= 4 is 17.4 Å². The van der Waals surface area contributed by atoms with Gasteiger partial charge in [0.1, 0.15) is 5.82 Å². The summed E-state index contributed by atoms with van der Waals surface area (Å²) in [4.78, 5) is 20.3. The van der Waals surface area contributed by atoms with Crippen molar-refractivity contribution in [3.8, 4) is 11.3 Å². The van der Waals surface area contributed by atoms with Crippen LogP contribution in [0.15, 0.2) is 36.8 Å². The first-order valence-electron chi connectivity index (χ1n) is 11.1. The molecule has 1 amide bonds. The SMILES string of the molecule is CC(=O)N1CCC(N2CC(n3cc(Nc4cccc(-c5cn[nH]c5)n4)c(C(F)F)n3)C2)CC1. The number of alkyl halides is 2. The van der Waals surface area contributed by atoms with Crippen LogP contribution in [0.4, 0.5) is 20.3 Å². The first-order chi connectivity index (χ1) is 16.0. The summed E-state index contributed by atoms with van der Waals surface area (Å²) in [7, 11) is 0. The van der Waals surface area contributed by atoms with E-state index in [1.54, 1.807) is 36.3 Å². The molecule has 0 aromatic carbocycles. The number of aromatic nitrogens is 5. The molecule has 33 heavy (non-hydrogen) atoms. The number of H-pyrrole nitrogens is 1. The number of likely N-dealkylation sites (tertiary alicyclic amines) is 2. The van der Waals surface area contributed by atoms with E-state index in [0.717, 1.165) is 44.6 Å². The second-order valence-corrected chi connectivity index (χ2v) is 8.57. The van der Waals surface area contributed by atoms with Crippen molar-refractivity contribution in [1.29, 1.82) is 0 Å². The second-order valence-electron chi connectivity index (χ2n) is 8.57. The Hall–Kier alpha value is -3.34. The molecule has 0 radical (unpaired) electrons.